The van der Waals surface area contributed by atoms with E-state index in [9.17, 15) is 0 Å². The van der Waals surface area contributed by atoms with Crippen molar-refractivity contribution >= 4 is 22.0 Å². The van der Waals surface area contributed by atoms with Gasteiger partial charge in [0.15, 0.2) is 0 Å². The minimum atomic E-state index is 0.265. The molecule has 0 saturated carbocycles. The van der Waals surface area contributed by atoms with Crippen LogP contribution in [-0.2, 0) is 6.54 Å². The molecule has 4 nitrogen and oxygen atoms in total. The summed E-state index contributed by atoms with van der Waals surface area (Å²) in [6, 6.07) is 12.1. The number of nitrogens with two attached hydrogens (primary N) is 1. The largest absolute Gasteiger partial charge is 0.396 e. The van der Waals surface area contributed by atoms with Gasteiger partial charge in [-0.25, -0.2) is 0 Å². The first-order valence-electron chi connectivity index (χ1n) is 5.67. The van der Waals surface area contributed by atoms with Crippen molar-refractivity contribution in [3.05, 3.63) is 45.8 Å². The maximum Gasteiger partial charge on any atom is 0.131 e. The van der Waals surface area contributed by atoms with E-state index in [-0.39, 0.29) is 5.69 Å². The normalized spacial score (nSPS) is 9.63. The molecule has 0 atom stereocenters. The SMILES string of the molecule is Cc1ccc(CNc2sc(C#N)c(N)c2C#N)cc1. The second kappa shape index (κ2) is 5.43. The summed E-state index contributed by atoms with van der Waals surface area (Å²) in [6.07, 6.45) is 0. The van der Waals surface area contributed by atoms with Crippen LogP contribution in [0.2, 0.25) is 0 Å². The van der Waals surface area contributed by atoms with Crippen molar-refractivity contribution in [3.63, 3.8) is 0 Å². The molecule has 1 aromatic carbocycles. The van der Waals surface area contributed by atoms with Crippen LogP contribution in [0.3, 0.4) is 0 Å². The van der Waals surface area contributed by atoms with Crippen LogP contribution in [0.1, 0.15) is 21.6 Å². The highest BCUT2D eigenvalue weighted by Gasteiger charge is 2.15. The van der Waals surface area contributed by atoms with Crippen molar-refractivity contribution in [2.24, 2.45) is 0 Å². The Bertz CT molecular complexity index is 671. The summed E-state index contributed by atoms with van der Waals surface area (Å²) < 4.78 is 0. The van der Waals surface area contributed by atoms with Gasteiger partial charge in [0.05, 0.1) is 5.69 Å². The zero-order chi connectivity index (χ0) is 13.8. The number of aryl methyl sites for hydroxylation is 1. The molecule has 5 heteroatoms. The van der Waals surface area contributed by atoms with Crippen molar-refractivity contribution in [1.82, 2.24) is 0 Å². The van der Waals surface area contributed by atoms with Crippen molar-refractivity contribution in [3.8, 4) is 12.1 Å². The third-order valence-corrected chi connectivity index (χ3v) is 3.80. The fourth-order valence-electron chi connectivity index (χ4n) is 1.65. The lowest BCUT2D eigenvalue weighted by atomic mass is 10.1. The number of rotatable bonds is 3. The van der Waals surface area contributed by atoms with E-state index in [1.807, 2.05) is 43.3 Å². The molecule has 0 amide bonds. The number of nitrogens with one attached hydrogen (secondary N) is 1. The van der Waals surface area contributed by atoms with Crippen molar-refractivity contribution in [1.29, 1.82) is 10.5 Å². The average molecular weight is 268 g/mol. The van der Waals surface area contributed by atoms with Crippen LogP contribution in [0.4, 0.5) is 10.7 Å². The highest BCUT2D eigenvalue weighted by Crippen LogP contribution is 2.34. The van der Waals surface area contributed by atoms with Gasteiger partial charge >= 0.3 is 0 Å². The lowest BCUT2D eigenvalue weighted by Crippen LogP contribution is -1.99. The number of nitriles is 2. The number of anilines is 2. The Morgan fingerprint density at radius 2 is 1.89 bits per heavy atom. The van der Waals surface area contributed by atoms with Crippen molar-refractivity contribution < 1.29 is 0 Å². The fraction of sp³-hybridized carbons (Fsp3) is 0.143. The number of nitrogens with zero attached hydrogens (tertiary/aromatic N) is 2. The standard InChI is InChI=1S/C14H12N4S/c1-9-2-4-10(5-3-9)8-18-14-11(6-15)13(17)12(7-16)19-14/h2-5,18H,8,17H2,1H3. The first-order chi connectivity index (χ1) is 9.15. The van der Waals surface area contributed by atoms with Crippen LogP contribution in [0.25, 0.3) is 0 Å². The summed E-state index contributed by atoms with van der Waals surface area (Å²) >= 11 is 1.21. The molecule has 0 fully saturated rings. The highest BCUT2D eigenvalue weighted by molar-refractivity contribution is 7.17. The van der Waals surface area contributed by atoms with Gasteiger partial charge in [0.25, 0.3) is 0 Å². The molecule has 0 radical (unpaired) electrons. The van der Waals surface area contributed by atoms with Gasteiger partial charge < -0.3 is 11.1 Å². The van der Waals surface area contributed by atoms with E-state index in [1.165, 1.54) is 16.9 Å². The second-order valence-electron chi connectivity index (χ2n) is 4.11. The van der Waals surface area contributed by atoms with Crippen LogP contribution in [-0.4, -0.2) is 0 Å². The van der Waals surface area contributed by atoms with Gasteiger partial charge in [-0.1, -0.05) is 29.8 Å². The summed E-state index contributed by atoms with van der Waals surface area (Å²) in [5, 5.41) is 21.8. The van der Waals surface area contributed by atoms with Crippen molar-refractivity contribution in [2.75, 3.05) is 11.1 Å². The number of benzene rings is 1. The molecule has 3 N–H and O–H groups in total. The summed E-state index contributed by atoms with van der Waals surface area (Å²) in [4.78, 5) is 0.378. The quantitative estimate of drug-likeness (QED) is 0.896. The van der Waals surface area contributed by atoms with Crippen LogP contribution < -0.4 is 11.1 Å². The first-order valence-corrected chi connectivity index (χ1v) is 6.49. The van der Waals surface area contributed by atoms with Gasteiger partial charge in [0, 0.05) is 6.54 Å². The smallest absolute Gasteiger partial charge is 0.131 e. The molecule has 94 valence electrons. The van der Waals surface area contributed by atoms with Gasteiger partial charge in [0.2, 0.25) is 0 Å². The minimum absolute atomic E-state index is 0.265. The third kappa shape index (κ3) is 2.67. The van der Waals surface area contributed by atoms with E-state index in [0.29, 0.717) is 22.0 Å². The molecule has 0 bridgehead atoms. The molecule has 19 heavy (non-hydrogen) atoms. The maximum atomic E-state index is 9.07. The second-order valence-corrected chi connectivity index (χ2v) is 5.13. The molecule has 0 saturated heterocycles. The van der Waals surface area contributed by atoms with E-state index in [1.54, 1.807) is 0 Å². The number of thiophene rings is 1. The van der Waals surface area contributed by atoms with E-state index < -0.39 is 0 Å². The van der Waals surface area contributed by atoms with Crippen LogP contribution in [0.15, 0.2) is 24.3 Å². The molecular weight excluding hydrogens is 256 g/mol. The monoisotopic (exact) mass is 268 g/mol. The van der Waals surface area contributed by atoms with Gasteiger partial charge in [0.1, 0.15) is 27.6 Å². The van der Waals surface area contributed by atoms with Gasteiger partial charge in [-0.15, -0.1) is 11.3 Å². The van der Waals surface area contributed by atoms with Gasteiger partial charge in [-0.05, 0) is 12.5 Å². The van der Waals surface area contributed by atoms with Crippen LogP contribution >= 0.6 is 11.3 Å². The molecule has 2 rings (SSSR count). The molecule has 1 heterocycles. The summed E-state index contributed by atoms with van der Waals surface area (Å²) in [5.41, 5.74) is 8.67. The summed E-state index contributed by atoms with van der Waals surface area (Å²) in [6.45, 7) is 2.63. The van der Waals surface area contributed by atoms with Crippen molar-refractivity contribution in [2.45, 2.75) is 13.5 Å². The van der Waals surface area contributed by atoms with Gasteiger partial charge in [-0.2, -0.15) is 10.5 Å². The highest BCUT2D eigenvalue weighted by atomic mass is 32.1. The van der Waals surface area contributed by atoms with Crippen LogP contribution in [0, 0.1) is 29.6 Å². The Hall–Kier alpha value is -2.50. The number of hydrogen-bond acceptors (Lipinski definition) is 5. The summed E-state index contributed by atoms with van der Waals surface area (Å²) in [5.74, 6) is 0. The Morgan fingerprint density at radius 3 is 2.47 bits per heavy atom. The third-order valence-electron chi connectivity index (χ3n) is 2.73. The van der Waals surface area contributed by atoms with Gasteiger partial charge in [-0.3, -0.25) is 0 Å². The Morgan fingerprint density at radius 1 is 1.21 bits per heavy atom. The molecular formula is C14H12N4S. The Labute approximate surface area is 115 Å². The topological polar surface area (TPSA) is 85.6 Å². The predicted molar refractivity (Wildman–Crippen MR) is 76.7 cm³/mol. The summed E-state index contributed by atoms with van der Waals surface area (Å²) in [7, 11) is 0. The number of nitrogen functional groups attached to an aromatic ring is 1. The molecule has 0 spiro atoms. The lowest BCUT2D eigenvalue weighted by molar-refractivity contribution is 1.15. The predicted octanol–water partition coefficient (Wildman–Crippen LogP) is 2.99. The minimum Gasteiger partial charge on any atom is -0.396 e. The Balaban J connectivity index is 2.18. The first kappa shape index (κ1) is 12.9. The van der Waals surface area contributed by atoms with E-state index in [4.69, 9.17) is 16.3 Å². The molecule has 0 aliphatic rings. The maximum absolute atomic E-state index is 9.07. The fourth-order valence-corrected chi connectivity index (χ4v) is 2.51. The van der Waals surface area contributed by atoms with E-state index >= 15 is 0 Å². The lowest BCUT2D eigenvalue weighted by Gasteiger charge is -2.04. The molecule has 0 aliphatic heterocycles. The van der Waals surface area contributed by atoms with Crippen LogP contribution in [0.5, 0.6) is 0 Å². The van der Waals surface area contributed by atoms with E-state index in [0.717, 1.165) is 5.56 Å². The molecule has 2 aromatic rings. The molecule has 1 aromatic heterocycles. The average Bonchev–Trinajstić information content (AvgIpc) is 2.73. The molecule has 0 aliphatic carbocycles. The van der Waals surface area contributed by atoms with E-state index in [2.05, 4.69) is 5.32 Å². The number of hydrogen-bond donors (Lipinski definition) is 2. The molecule has 0 unspecified atom stereocenters. The zero-order valence-corrected chi connectivity index (χ0v) is 11.2. The zero-order valence-electron chi connectivity index (χ0n) is 10.4. The Kier molecular flexibility index (Phi) is 3.70.